The van der Waals surface area contributed by atoms with E-state index < -0.39 is 0 Å². The zero-order chi connectivity index (χ0) is 15.5. The molecule has 0 unspecified atom stereocenters. The van der Waals surface area contributed by atoms with Gasteiger partial charge in [0.25, 0.3) is 5.91 Å². The minimum Gasteiger partial charge on any atom is -0.496 e. The van der Waals surface area contributed by atoms with Crippen LogP contribution in [0.15, 0.2) is 48.5 Å². The van der Waals surface area contributed by atoms with Gasteiger partial charge in [0.2, 0.25) is 0 Å². The maximum Gasteiger partial charge on any atom is 0.263 e. The second-order valence-electron chi connectivity index (χ2n) is 4.74. The summed E-state index contributed by atoms with van der Waals surface area (Å²) >= 11 is 7.72. The van der Waals surface area contributed by atoms with Crippen molar-refractivity contribution in [2.24, 2.45) is 0 Å². The quantitative estimate of drug-likeness (QED) is 0.764. The number of thiophene rings is 1. The van der Waals surface area contributed by atoms with Crippen LogP contribution in [0.5, 0.6) is 5.75 Å². The molecule has 0 atom stereocenters. The highest BCUT2D eigenvalue weighted by molar-refractivity contribution is 7.21. The molecule has 1 heterocycles. The van der Waals surface area contributed by atoms with Gasteiger partial charge in [-0.15, -0.1) is 11.3 Å². The number of amides is 1. The molecular weight excluding hydrogens is 318 g/mol. The number of nitrogens with one attached hydrogen (secondary N) is 1. The molecule has 3 aromatic rings. The van der Waals surface area contributed by atoms with Gasteiger partial charge < -0.3 is 10.1 Å². The Morgan fingerprint density at radius 2 is 1.91 bits per heavy atom. The third kappa shape index (κ3) is 2.80. The van der Waals surface area contributed by atoms with E-state index in [-0.39, 0.29) is 5.91 Å². The van der Waals surface area contributed by atoms with Gasteiger partial charge in [-0.25, -0.2) is 0 Å². The Hall–Kier alpha value is -2.04. The number of rotatable bonds is 4. The van der Waals surface area contributed by atoms with Crippen molar-refractivity contribution in [2.45, 2.75) is 6.54 Å². The number of para-hydroxylation sites is 1. The monoisotopic (exact) mass is 331 g/mol. The van der Waals surface area contributed by atoms with Crippen LogP contribution in [0.25, 0.3) is 10.1 Å². The maximum atomic E-state index is 12.4. The SMILES string of the molecule is COc1ccccc1CNC(=O)c1sc2ccccc2c1Cl. The zero-order valence-corrected chi connectivity index (χ0v) is 13.5. The number of hydrogen-bond donors (Lipinski definition) is 1. The lowest BCUT2D eigenvalue weighted by Crippen LogP contribution is -2.22. The molecule has 3 rings (SSSR count). The summed E-state index contributed by atoms with van der Waals surface area (Å²) in [5, 5.41) is 4.32. The van der Waals surface area contributed by atoms with Crippen LogP contribution in [-0.2, 0) is 6.54 Å². The Bertz CT molecular complexity index is 828. The summed E-state index contributed by atoms with van der Waals surface area (Å²) in [5.74, 6) is 0.586. The highest BCUT2D eigenvalue weighted by atomic mass is 35.5. The van der Waals surface area contributed by atoms with E-state index in [4.69, 9.17) is 16.3 Å². The Morgan fingerprint density at radius 3 is 2.68 bits per heavy atom. The fraction of sp³-hybridized carbons (Fsp3) is 0.118. The smallest absolute Gasteiger partial charge is 0.263 e. The summed E-state index contributed by atoms with van der Waals surface area (Å²) in [6, 6.07) is 15.3. The summed E-state index contributed by atoms with van der Waals surface area (Å²) in [7, 11) is 1.61. The lowest BCUT2D eigenvalue weighted by Gasteiger charge is -2.09. The Morgan fingerprint density at radius 1 is 1.18 bits per heavy atom. The second-order valence-corrected chi connectivity index (χ2v) is 6.17. The molecule has 0 aliphatic heterocycles. The van der Waals surface area contributed by atoms with Crippen molar-refractivity contribution in [3.05, 3.63) is 64.0 Å². The maximum absolute atomic E-state index is 12.4. The predicted molar refractivity (Wildman–Crippen MR) is 91.0 cm³/mol. The van der Waals surface area contributed by atoms with Crippen molar-refractivity contribution in [1.29, 1.82) is 0 Å². The van der Waals surface area contributed by atoms with Crippen LogP contribution in [0.1, 0.15) is 15.2 Å². The summed E-state index contributed by atoms with van der Waals surface area (Å²) in [6.07, 6.45) is 0. The summed E-state index contributed by atoms with van der Waals surface area (Å²) in [4.78, 5) is 12.9. The van der Waals surface area contributed by atoms with E-state index in [0.29, 0.717) is 16.4 Å². The van der Waals surface area contributed by atoms with Gasteiger partial charge in [-0.1, -0.05) is 48.0 Å². The predicted octanol–water partition coefficient (Wildman–Crippen LogP) is 4.49. The van der Waals surface area contributed by atoms with Gasteiger partial charge in [0.1, 0.15) is 10.6 Å². The molecule has 1 N–H and O–H groups in total. The van der Waals surface area contributed by atoms with E-state index in [1.54, 1.807) is 7.11 Å². The van der Waals surface area contributed by atoms with Crippen molar-refractivity contribution in [3.63, 3.8) is 0 Å². The van der Waals surface area contributed by atoms with Gasteiger partial charge >= 0.3 is 0 Å². The van der Waals surface area contributed by atoms with Crippen LogP contribution >= 0.6 is 22.9 Å². The number of carbonyl (C=O) groups is 1. The molecule has 0 saturated heterocycles. The fourth-order valence-electron chi connectivity index (χ4n) is 2.26. The number of methoxy groups -OCH3 is 1. The van der Waals surface area contributed by atoms with E-state index in [0.717, 1.165) is 21.4 Å². The van der Waals surface area contributed by atoms with E-state index in [1.165, 1.54) is 11.3 Å². The molecule has 0 aliphatic rings. The first-order valence-corrected chi connectivity index (χ1v) is 7.97. The van der Waals surface area contributed by atoms with Crippen LogP contribution in [0.3, 0.4) is 0 Å². The van der Waals surface area contributed by atoms with Crippen molar-refractivity contribution >= 4 is 38.9 Å². The first-order chi connectivity index (χ1) is 10.7. The molecule has 22 heavy (non-hydrogen) atoms. The Labute approximate surface area is 137 Å². The van der Waals surface area contributed by atoms with Gasteiger partial charge in [-0.2, -0.15) is 0 Å². The van der Waals surface area contributed by atoms with Crippen molar-refractivity contribution in [3.8, 4) is 5.75 Å². The Kier molecular flexibility index (Phi) is 4.32. The first-order valence-electron chi connectivity index (χ1n) is 6.78. The average molecular weight is 332 g/mol. The lowest BCUT2D eigenvalue weighted by molar-refractivity contribution is 0.0955. The van der Waals surface area contributed by atoms with Crippen molar-refractivity contribution in [2.75, 3.05) is 7.11 Å². The zero-order valence-electron chi connectivity index (χ0n) is 11.9. The van der Waals surface area contributed by atoms with E-state index in [1.807, 2.05) is 48.5 Å². The van der Waals surface area contributed by atoms with Gasteiger partial charge in [0.15, 0.2) is 0 Å². The summed E-state index contributed by atoms with van der Waals surface area (Å²) < 4.78 is 6.29. The lowest BCUT2D eigenvalue weighted by atomic mass is 10.2. The molecule has 3 nitrogen and oxygen atoms in total. The van der Waals surface area contributed by atoms with Gasteiger partial charge in [0, 0.05) is 22.2 Å². The van der Waals surface area contributed by atoms with Crippen LogP contribution in [0, 0.1) is 0 Å². The van der Waals surface area contributed by atoms with Crippen molar-refractivity contribution < 1.29 is 9.53 Å². The second kappa shape index (κ2) is 6.38. The highest BCUT2D eigenvalue weighted by Gasteiger charge is 2.16. The Balaban J connectivity index is 1.80. The van der Waals surface area contributed by atoms with E-state index >= 15 is 0 Å². The van der Waals surface area contributed by atoms with Gasteiger partial charge in [0.05, 0.1) is 12.1 Å². The van der Waals surface area contributed by atoms with E-state index in [2.05, 4.69) is 5.32 Å². The van der Waals surface area contributed by atoms with Crippen molar-refractivity contribution in [1.82, 2.24) is 5.32 Å². The number of halogens is 1. The van der Waals surface area contributed by atoms with Gasteiger partial charge in [-0.05, 0) is 12.1 Å². The van der Waals surface area contributed by atoms with Crippen LogP contribution in [-0.4, -0.2) is 13.0 Å². The van der Waals surface area contributed by atoms with Gasteiger partial charge in [-0.3, -0.25) is 4.79 Å². The molecule has 0 radical (unpaired) electrons. The molecule has 0 saturated carbocycles. The third-order valence-electron chi connectivity index (χ3n) is 3.37. The molecule has 5 heteroatoms. The molecule has 112 valence electrons. The number of ether oxygens (including phenoxy) is 1. The molecule has 0 spiro atoms. The first kappa shape index (κ1) is 14.9. The van der Waals surface area contributed by atoms with Crippen LogP contribution in [0.2, 0.25) is 5.02 Å². The standard InChI is InChI=1S/C17H14ClNO2S/c1-21-13-8-4-2-6-11(13)10-19-17(20)16-15(18)12-7-3-5-9-14(12)22-16/h2-9H,10H2,1H3,(H,19,20). The molecule has 2 aromatic carbocycles. The topological polar surface area (TPSA) is 38.3 Å². The summed E-state index contributed by atoms with van der Waals surface area (Å²) in [6.45, 7) is 0.396. The van der Waals surface area contributed by atoms with E-state index in [9.17, 15) is 4.79 Å². The minimum atomic E-state index is -0.169. The molecule has 0 bridgehead atoms. The normalized spacial score (nSPS) is 10.6. The number of benzene rings is 2. The fourth-order valence-corrected chi connectivity index (χ4v) is 3.70. The number of carbonyl (C=O) groups excluding carboxylic acids is 1. The minimum absolute atomic E-state index is 0.169. The molecule has 0 fully saturated rings. The highest BCUT2D eigenvalue weighted by Crippen LogP contribution is 2.35. The van der Waals surface area contributed by atoms with Crippen LogP contribution in [0.4, 0.5) is 0 Å². The number of fused-ring (bicyclic) bond motifs is 1. The van der Waals surface area contributed by atoms with Crippen LogP contribution < -0.4 is 10.1 Å². The summed E-state index contributed by atoms with van der Waals surface area (Å²) in [5.41, 5.74) is 0.926. The third-order valence-corrected chi connectivity index (χ3v) is 5.05. The molecule has 1 aromatic heterocycles. The molecular formula is C17H14ClNO2S. The largest absolute Gasteiger partial charge is 0.496 e. The average Bonchev–Trinajstić information content (AvgIpc) is 2.90. The molecule has 0 aliphatic carbocycles. The molecule has 1 amide bonds. The number of hydrogen-bond acceptors (Lipinski definition) is 3.